The summed E-state index contributed by atoms with van der Waals surface area (Å²) < 4.78 is 5.49. The highest BCUT2D eigenvalue weighted by Crippen LogP contribution is 2.44. The molecule has 0 saturated heterocycles. The van der Waals surface area contributed by atoms with Crippen LogP contribution in [0.1, 0.15) is 28.2 Å². The van der Waals surface area contributed by atoms with Gasteiger partial charge in [0.15, 0.2) is 0 Å². The zero-order valence-corrected chi connectivity index (χ0v) is 17.6. The number of amides is 1. The van der Waals surface area contributed by atoms with E-state index in [0.29, 0.717) is 5.56 Å². The number of anilines is 1. The first-order valence-electron chi connectivity index (χ1n) is 10.3. The van der Waals surface area contributed by atoms with Crippen molar-refractivity contribution in [3.8, 4) is 11.1 Å². The Hall–Kier alpha value is -4.13. The number of hydrogen-bond donors (Lipinski definition) is 2. The van der Waals surface area contributed by atoms with Crippen molar-refractivity contribution < 1.29 is 14.5 Å². The Morgan fingerprint density at radius 1 is 1.12 bits per heavy atom. The number of aryl methyl sites for hydroxylation is 1. The normalized spacial score (nSPS) is 12.4. The second-order valence-corrected chi connectivity index (χ2v) is 7.65. The zero-order chi connectivity index (χ0) is 22.7. The maximum Gasteiger partial charge on any atom is 0.407 e. The first-order chi connectivity index (χ1) is 15.5. The van der Waals surface area contributed by atoms with Crippen LogP contribution < -0.4 is 11.1 Å². The van der Waals surface area contributed by atoms with Gasteiger partial charge < -0.3 is 15.8 Å². The molecular weight excluding hydrogens is 406 g/mol. The Bertz CT molecular complexity index is 1170. The Kier molecular flexibility index (Phi) is 5.89. The van der Waals surface area contributed by atoms with E-state index in [2.05, 4.69) is 29.6 Å². The standard InChI is InChI=1S/C25H23N3O4/c1-16-13-17(24(26)23(14-16)28(30)31)7-6-12-27-25(29)32-15-22-20-10-4-2-8-18(20)19-9-3-5-11-21(19)22/h2-11,13-14,22H,12,15,26H2,1H3,(H,27,29). The molecule has 1 amide bonds. The molecule has 1 aliphatic rings. The maximum absolute atomic E-state index is 12.2. The van der Waals surface area contributed by atoms with Crippen LogP contribution >= 0.6 is 0 Å². The quantitative estimate of drug-likeness (QED) is 0.324. The molecule has 0 heterocycles. The maximum atomic E-state index is 12.2. The van der Waals surface area contributed by atoms with E-state index < -0.39 is 11.0 Å². The number of nitrogens with zero attached hydrogens (tertiary/aromatic N) is 1. The van der Waals surface area contributed by atoms with Gasteiger partial charge in [-0.15, -0.1) is 0 Å². The highest BCUT2D eigenvalue weighted by Gasteiger charge is 2.28. The van der Waals surface area contributed by atoms with Crippen molar-refractivity contribution in [2.45, 2.75) is 12.8 Å². The molecule has 1 aliphatic carbocycles. The van der Waals surface area contributed by atoms with Gasteiger partial charge in [0, 0.05) is 24.1 Å². The van der Waals surface area contributed by atoms with E-state index >= 15 is 0 Å². The summed E-state index contributed by atoms with van der Waals surface area (Å²) in [7, 11) is 0. The molecule has 0 radical (unpaired) electrons. The number of nitro benzene ring substituents is 1. The third kappa shape index (κ3) is 4.18. The summed E-state index contributed by atoms with van der Waals surface area (Å²) >= 11 is 0. The van der Waals surface area contributed by atoms with E-state index in [9.17, 15) is 14.9 Å². The van der Waals surface area contributed by atoms with Crippen LogP contribution in [-0.2, 0) is 4.74 Å². The molecule has 3 N–H and O–H groups in total. The van der Waals surface area contributed by atoms with Crippen molar-refractivity contribution in [2.24, 2.45) is 0 Å². The lowest BCUT2D eigenvalue weighted by Crippen LogP contribution is -2.26. The predicted octanol–water partition coefficient (Wildman–Crippen LogP) is 5.04. The number of hydrogen-bond acceptors (Lipinski definition) is 5. The van der Waals surface area contributed by atoms with Crippen LogP contribution in [0.25, 0.3) is 17.2 Å². The number of nitro groups is 1. The molecule has 7 nitrogen and oxygen atoms in total. The van der Waals surface area contributed by atoms with Crippen LogP contribution in [0.5, 0.6) is 0 Å². The second-order valence-electron chi connectivity index (χ2n) is 7.65. The minimum Gasteiger partial charge on any atom is -0.449 e. The van der Waals surface area contributed by atoms with Gasteiger partial charge in [-0.05, 0) is 40.8 Å². The van der Waals surface area contributed by atoms with Gasteiger partial charge in [0.2, 0.25) is 0 Å². The molecule has 162 valence electrons. The lowest BCUT2D eigenvalue weighted by Gasteiger charge is -2.14. The monoisotopic (exact) mass is 429 g/mol. The molecule has 0 aromatic heterocycles. The fourth-order valence-corrected chi connectivity index (χ4v) is 4.07. The lowest BCUT2D eigenvalue weighted by atomic mass is 9.98. The number of ether oxygens (including phenoxy) is 1. The summed E-state index contributed by atoms with van der Waals surface area (Å²) in [6.45, 7) is 2.21. The van der Waals surface area contributed by atoms with Gasteiger partial charge in [-0.3, -0.25) is 10.1 Å². The molecule has 3 aromatic rings. The third-order valence-electron chi connectivity index (χ3n) is 5.54. The summed E-state index contributed by atoms with van der Waals surface area (Å²) in [6.07, 6.45) is 2.80. The average Bonchev–Trinajstić information content (AvgIpc) is 3.11. The van der Waals surface area contributed by atoms with Gasteiger partial charge in [0.05, 0.1) is 4.92 Å². The molecule has 0 saturated carbocycles. The van der Waals surface area contributed by atoms with Gasteiger partial charge in [-0.25, -0.2) is 4.79 Å². The first kappa shape index (κ1) is 21.1. The van der Waals surface area contributed by atoms with Gasteiger partial charge in [-0.1, -0.05) is 60.7 Å². The van der Waals surface area contributed by atoms with Crippen LogP contribution in [0.15, 0.2) is 66.7 Å². The molecule has 4 rings (SSSR count). The van der Waals surface area contributed by atoms with Gasteiger partial charge in [-0.2, -0.15) is 0 Å². The van der Waals surface area contributed by atoms with Crippen molar-refractivity contribution in [3.63, 3.8) is 0 Å². The summed E-state index contributed by atoms with van der Waals surface area (Å²) in [5.41, 5.74) is 11.8. The number of rotatable bonds is 6. The second kappa shape index (κ2) is 8.93. The van der Waals surface area contributed by atoms with E-state index in [1.807, 2.05) is 24.3 Å². The highest BCUT2D eigenvalue weighted by molar-refractivity contribution is 5.79. The Morgan fingerprint density at radius 2 is 1.75 bits per heavy atom. The van der Waals surface area contributed by atoms with Crippen molar-refractivity contribution in [2.75, 3.05) is 18.9 Å². The van der Waals surface area contributed by atoms with Crippen molar-refractivity contribution in [3.05, 3.63) is 99.1 Å². The van der Waals surface area contributed by atoms with E-state index in [1.54, 1.807) is 25.1 Å². The SMILES string of the molecule is Cc1cc(C=CCNC(=O)OCC2c3ccccc3-c3ccccc32)c(N)c([N+](=O)[O-])c1. The van der Waals surface area contributed by atoms with Crippen LogP contribution in [0.3, 0.4) is 0 Å². The number of nitrogens with two attached hydrogens (primary N) is 1. The molecular formula is C25H23N3O4. The fourth-order valence-electron chi connectivity index (χ4n) is 4.07. The summed E-state index contributed by atoms with van der Waals surface area (Å²) in [5, 5.41) is 13.8. The van der Waals surface area contributed by atoms with Crippen molar-refractivity contribution in [1.29, 1.82) is 0 Å². The molecule has 0 fully saturated rings. The number of nitrogen functional groups attached to an aromatic ring is 1. The van der Waals surface area contributed by atoms with Crippen LogP contribution in [0.4, 0.5) is 16.2 Å². The number of carbonyl (C=O) groups excluding carboxylic acids is 1. The van der Waals surface area contributed by atoms with Crippen molar-refractivity contribution >= 4 is 23.5 Å². The van der Waals surface area contributed by atoms with Crippen LogP contribution in [0.2, 0.25) is 0 Å². The van der Waals surface area contributed by atoms with Crippen LogP contribution in [0, 0.1) is 17.0 Å². The largest absolute Gasteiger partial charge is 0.449 e. The zero-order valence-electron chi connectivity index (χ0n) is 17.6. The molecule has 0 atom stereocenters. The van der Waals surface area contributed by atoms with Gasteiger partial charge >= 0.3 is 6.09 Å². The summed E-state index contributed by atoms with van der Waals surface area (Å²) in [6, 6.07) is 19.5. The Morgan fingerprint density at radius 3 is 2.38 bits per heavy atom. The van der Waals surface area contributed by atoms with E-state index in [4.69, 9.17) is 10.5 Å². The molecule has 0 aliphatic heterocycles. The third-order valence-corrected chi connectivity index (χ3v) is 5.54. The van der Waals surface area contributed by atoms with Gasteiger partial charge in [0.1, 0.15) is 12.3 Å². The lowest BCUT2D eigenvalue weighted by molar-refractivity contribution is -0.383. The molecule has 7 heteroatoms. The molecule has 32 heavy (non-hydrogen) atoms. The van der Waals surface area contributed by atoms with Crippen molar-refractivity contribution in [1.82, 2.24) is 5.32 Å². The highest BCUT2D eigenvalue weighted by atomic mass is 16.6. The number of carbonyl (C=O) groups is 1. The minimum atomic E-state index is -0.528. The summed E-state index contributed by atoms with van der Waals surface area (Å²) in [4.78, 5) is 22.8. The van der Waals surface area contributed by atoms with Crippen LogP contribution in [-0.4, -0.2) is 24.2 Å². The smallest absolute Gasteiger partial charge is 0.407 e. The van der Waals surface area contributed by atoms with E-state index in [0.717, 1.165) is 16.7 Å². The topological polar surface area (TPSA) is 107 Å². The molecule has 0 bridgehead atoms. The Labute approximate surface area is 185 Å². The summed E-state index contributed by atoms with van der Waals surface area (Å²) in [5.74, 6) is -0.00339. The Balaban J connectivity index is 1.36. The minimum absolute atomic E-state index is 0.00339. The molecule has 0 spiro atoms. The van der Waals surface area contributed by atoms with E-state index in [-0.39, 0.29) is 30.4 Å². The van der Waals surface area contributed by atoms with Gasteiger partial charge in [0.25, 0.3) is 5.69 Å². The molecule has 3 aromatic carbocycles. The number of nitrogens with one attached hydrogen (secondary N) is 1. The number of fused-ring (bicyclic) bond motifs is 3. The average molecular weight is 429 g/mol. The number of alkyl carbamates (subject to hydrolysis) is 1. The number of benzene rings is 3. The van der Waals surface area contributed by atoms with E-state index in [1.165, 1.54) is 17.2 Å². The predicted molar refractivity (Wildman–Crippen MR) is 124 cm³/mol. The first-order valence-corrected chi connectivity index (χ1v) is 10.3. The molecule has 0 unspecified atom stereocenters. The fraction of sp³-hybridized carbons (Fsp3) is 0.160.